The lowest BCUT2D eigenvalue weighted by atomic mass is 10.3. The molecule has 0 amide bonds. The van der Waals surface area contributed by atoms with Crippen molar-refractivity contribution in [3.63, 3.8) is 0 Å². The Labute approximate surface area is 122 Å². The summed E-state index contributed by atoms with van der Waals surface area (Å²) in [5.74, 6) is 0.140. The largest absolute Gasteiger partial charge is 0.399 e. The van der Waals surface area contributed by atoms with Crippen LogP contribution in [0.3, 0.4) is 0 Å². The Morgan fingerprint density at radius 3 is 2.85 bits per heavy atom. The van der Waals surface area contributed by atoms with Crippen molar-refractivity contribution in [2.45, 2.75) is 30.5 Å². The van der Waals surface area contributed by atoms with E-state index in [4.69, 9.17) is 17.3 Å². The van der Waals surface area contributed by atoms with Crippen molar-refractivity contribution in [2.24, 2.45) is 0 Å². The van der Waals surface area contributed by atoms with Gasteiger partial charge in [-0.15, -0.1) is 0 Å². The fourth-order valence-electron chi connectivity index (χ4n) is 1.80. The zero-order valence-corrected chi connectivity index (χ0v) is 12.5. The second kappa shape index (κ2) is 5.80. The molecule has 0 aliphatic heterocycles. The first-order valence-corrected chi connectivity index (χ1v) is 8.11. The van der Waals surface area contributed by atoms with Crippen LogP contribution in [0.2, 0.25) is 5.02 Å². The first kappa shape index (κ1) is 14.8. The van der Waals surface area contributed by atoms with Gasteiger partial charge in [-0.25, -0.2) is 18.1 Å². The first-order chi connectivity index (χ1) is 9.44. The van der Waals surface area contributed by atoms with E-state index >= 15 is 0 Å². The highest BCUT2D eigenvalue weighted by atomic mass is 35.5. The molecule has 1 aromatic heterocycles. The summed E-state index contributed by atoms with van der Waals surface area (Å²) in [6, 6.07) is 4.39. The highest BCUT2D eigenvalue weighted by Gasteiger charge is 2.22. The lowest BCUT2D eigenvalue weighted by Crippen LogP contribution is -2.12. The second-order valence-electron chi connectivity index (χ2n) is 4.35. The van der Waals surface area contributed by atoms with Gasteiger partial charge in [0.2, 0.25) is 0 Å². The Hall–Kier alpha value is -1.60. The van der Waals surface area contributed by atoms with Gasteiger partial charge in [0.15, 0.2) is 9.84 Å². The van der Waals surface area contributed by atoms with Gasteiger partial charge >= 0.3 is 0 Å². The smallest absolute Gasteiger partial charge is 0.187 e. The third-order valence-electron chi connectivity index (χ3n) is 2.74. The van der Waals surface area contributed by atoms with Crippen LogP contribution in [-0.4, -0.2) is 23.2 Å². The molecule has 0 saturated carbocycles. The van der Waals surface area contributed by atoms with E-state index < -0.39 is 9.84 Å². The summed E-state index contributed by atoms with van der Waals surface area (Å²) < 4.78 is 26.4. The van der Waals surface area contributed by atoms with E-state index in [1.807, 2.05) is 6.92 Å². The van der Waals surface area contributed by atoms with Crippen molar-refractivity contribution in [2.75, 3.05) is 5.73 Å². The van der Waals surface area contributed by atoms with Gasteiger partial charge in [-0.2, -0.15) is 5.10 Å². The Bertz CT molecular complexity index is 712. The molecule has 8 heteroatoms. The van der Waals surface area contributed by atoms with Gasteiger partial charge < -0.3 is 5.73 Å². The minimum atomic E-state index is -3.61. The fourth-order valence-corrected chi connectivity index (χ4v) is 3.67. The Kier molecular flexibility index (Phi) is 4.29. The third-order valence-corrected chi connectivity index (χ3v) is 4.83. The van der Waals surface area contributed by atoms with Crippen LogP contribution in [-0.2, 0) is 22.1 Å². The van der Waals surface area contributed by atoms with E-state index in [1.165, 1.54) is 18.5 Å². The minimum Gasteiger partial charge on any atom is -0.399 e. The highest BCUT2D eigenvalue weighted by Crippen LogP contribution is 2.26. The normalized spacial score (nSPS) is 11.7. The number of hydrogen-bond donors (Lipinski definition) is 1. The van der Waals surface area contributed by atoms with Crippen molar-refractivity contribution < 1.29 is 8.42 Å². The summed E-state index contributed by atoms with van der Waals surface area (Å²) in [4.78, 5) is 4.01. The van der Waals surface area contributed by atoms with E-state index in [2.05, 4.69) is 10.1 Å². The van der Waals surface area contributed by atoms with E-state index in [9.17, 15) is 8.42 Å². The minimum absolute atomic E-state index is 0.0187. The number of benzene rings is 1. The van der Waals surface area contributed by atoms with Crippen LogP contribution < -0.4 is 5.73 Å². The maximum atomic E-state index is 12.4. The highest BCUT2D eigenvalue weighted by molar-refractivity contribution is 7.90. The lowest BCUT2D eigenvalue weighted by Gasteiger charge is -2.08. The number of nitrogens with zero attached hydrogens (tertiary/aromatic N) is 3. The molecule has 0 bridgehead atoms. The Morgan fingerprint density at radius 2 is 2.15 bits per heavy atom. The number of anilines is 1. The van der Waals surface area contributed by atoms with Crippen LogP contribution in [0.15, 0.2) is 29.4 Å². The number of sulfone groups is 1. The fraction of sp³-hybridized carbons (Fsp3) is 0.333. The Balaban J connectivity index is 2.36. The molecule has 6 nitrogen and oxygen atoms in total. The van der Waals surface area contributed by atoms with Gasteiger partial charge in [-0.3, -0.25) is 0 Å². The monoisotopic (exact) mass is 314 g/mol. The molecule has 0 saturated heterocycles. The summed E-state index contributed by atoms with van der Waals surface area (Å²) in [5, 5.41) is 4.16. The number of nitrogen functional groups attached to an aromatic ring is 1. The average Bonchev–Trinajstić information content (AvgIpc) is 2.79. The van der Waals surface area contributed by atoms with E-state index in [1.54, 1.807) is 10.7 Å². The molecule has 0 atom stereocenters. The zero-order chi connectivity index (χ0) is 14.8. The van der Waals surface area contributed by atoms with Gasteiger partial charge in [0, 0.05) is 12.2 Å². The van der Waals surface area contributed by atoms with Crippen LogP contribution in [0.4, 0.5) is 5.69 Å². The van der Waals surface area contributed by atoms with Crippen molar-refractivity contribution in [1.29, 1.82) is 0 Å². The molecule has 0 aliphatic carbocycles. The summed E-state index contributed by atoms with van der Waals surface area (Å²) in [6.45, 7) is 2.60. The molecule has 0 aliphatic rings. The van der Waals surface area contributed by atoms with Crippen LogP contribution in [0.25, 0.3) is 0 Å². The van der Waals surface area contributed by atoms with Crippen LogP contribution >= 0.6 is 11.6 Å². The number of hydrogen-bond acceptors (Lipinski definition) is 5. The van der Waals surface area contributed by atoms with Crippen molar-refractivity contribution >= 4 is 27.1 Å². The summed E-state index contributed by atoms with van der Waals surface area (Å²) in [6.07, 6.45) is 2.19. The summed E-state index contributed by atoms with van der Waals surface area (Å²) in [5.41, 5.74) is 5.97. The maximum Gasteiger partial charge on any atom is 0.187 e. The van der Waals surface area contributed by atoms with Crippen LogP contribution in [0, 0.1) is 0 Å². The molecule has 2 N–H and O–H groups in total. The predicted octanol–water partition coefficient (Wildman–Crippen LogP) is 1.90. The molecule has 0 unspecified atom stereocenters. The van der Waals surface area contributed by atoms with Crippen molar-refractivity contribution in [3.8, 4) is 0 Å². The lowest BCUT2D eigenvalue weighted by molar-refractivity contribution is 0.566. The molecular weight excluding hydrogens is 300 g/mol. The second-order valence-corrected chi connectivity index (χ2v) is 6.71. The molecule has 0 radical (unpaired) electrons. The number of nitrogens with two attached hydrogens (primary N) is 1. The first-order valence-electron chi connectivity index (χ1n) is 6.08. The summed E-state index contributed by atoms with van der Waals surface area (Å²) >= 11 is 5.94. The molecule has 20 heavy (non-hydrogen) atoms. The SMILES string of the molecule is CCCn1ncnc1CS(=O)(=O)c1cc(N)ccc1Cl. The van der Waals surface area contributed by atoms with E-state index in [-0.39, 0.29) is 15.7 Å². The molecular formula is C12H15ClN4O2S. The van der Waals surface area contributed by atoms with Crippen molar-refractivity contribution in [3.05, 3.63) is 35.4 Å². The molecule has 1 heterocycles. The van der Waals surface area contributed by atoms with Gasteiger partial charge in [-0.1, -0.05) is 18.5 Å². The van der Waals surface area contributed by atoms with E-state index in [0.717, 1.165) is 6.42 Å². The van der Waals surface area contributed by atoms with Gasteiger partial charge in [0.05, 0.1) is 9.92 Å². The van der Waals surface area contributed by atoms with E-state index in [0.29, 0.717) is 18.1 Å². The summed E-state index contributed by atoms with van der Waals surface area (Å²) in [7, 11) is -3.61. The quantitative estimate of drug-likeness (QED) is 0.851. The molecule has 108 valence electrons. The maximum absolute atomic E-state index is 12.4. The van der Waals surface area contributed by atoms with Crippen molar-refractivity contribution in [1.82, 2.24) is 14.8 Å². The van der Waals surface area contributed by atoms with Gasteiger partial charge in [0.1, 0.15) is 17.9 Å². The third kappa shape index (κ3) is 3.10. The van der Waals surface area contributed by atoms with Gasteiger partial charge in [-0.05, 0) is 24.6 Å². The molecule has 2 rings (SSSR count). The number of aryl methyl sites for hydroxylation is 1. The van der Waals surface area contributed by atoms with Crippen LogP contribution in [0.1, 0.15) is 19.2 Å². The molecule has 0 spiro atoms. The number of aromatic nitrogens is 3. The Morgan fingerprint density at radius 1 is 1.40 bits per heavy atom. The number of halogens is 1. The number of rotatable bonds is 5. The molecule has 1 aromatic carbocycles. The molecule has 2 aromatic rings. The topological polar surface area (TPSA) is 90.9 Å². The predicted molar refractivity (Wildman–Crippen MR) is 77.1 cm³/mol. The average molecular weight is 315 g/mol. The van der Waals surface area contributed by atoms with Crippen LogP contribution in [0.5, 0.6) is 0 Å². The standard InChI is InChI=1S/C12H15ClN4O2S/c1-2-5-17-12(15-8-16-17)7-20(18,19)11-6-9(14)3-4-10(11)13/h3-4,6,8H,2,5,7,14H2,1H3. The van der Waals surface area contributed by atoms with Gasteiger partial charge in [0.25, 0.3) is 0 Å². The zero-order valence-electron chi connectivity index (χ0n) is 11.0. The molecule has 0 fully saturated rings.